The average molecular weight is 243 g/mol. The lowest BCUT2D eigenvalue weighted by molar-refractivity contribution is 0.159. The Labute approximate surface area is 101 Å². The molecule has 0 aliphatic carbocycles. The molecule has 92 valence electrons. The Balaban J connectivity index is 2.39. The predicted octanol–water partition coefficient (Wildman–Crippen LogP) is 1.86. The van der Waals surface area contributed by atoms with E-state index in [4.69, 9.17) is 4.74 Å². The van der Waals surface area contributed by atoms with Crippen molar-refractivity contribution >= 4 is 11.3 Å². The molecule has 1 rings (SSSR count). The van der Waals surface area contributed by atoms with Gasteiger partial charge in [0.25, 0.3) is 0 Å². The molecule has 0 aliphatic heterocycles. The van der Waals surface area contributed by atoms with Gasteiger partial charge in [-0.3, -0.25) is 0 Å². The first-order valence-corrected chi connectivity index (χ1v) is 6.47. The second kappa shape index (κ2) is 6.93. The number of ether oxygens (including phenoxy) is 1. The smallest absolute Gasteiger partial charge is 0.131 e. The van der Waals surface area contributed by atoms with Crippen LogP contribution in [-0.2, 0) is 17.7 Å². The molecule has 0 saturated carbocycles. The van der Waals surface area contributed by atoms with Crippen LogP contribution in [0, 0.1) is 5.92 Å². The number of aromatic nitrogens is 2. The first-order valence-electron chi connectivity index (χ1n) is 5.65. The molecule has 1 atom stereocenters. The Morgan fingerprint density at radius 2 is 1.94 bits per heavy atom. The molecule has 0 radical (unpaired) electrons. The largest absolute Gasteiger partial charge is 0.384 e. The van der Waals surface area contributed by atoms with Crippen LogP contribution in [0.4, 0.5) is 0 Å². The third kappa shape index (κ3) is 5.01. The fraction of sp³-hybridized carbons (Fsp3) is 0.818. The van der Waals surface area contributed by atoms with Crippen molar-refractivity contribution in [3.63, 3.8) is 0 Å². The Bertz CT molecular complexity index is 301. The van der Waals surface area contributed by atoms with Crippen molar-refractivity contribution in [1.82, 2.24) is 15.5 Å². The van der Waals surface area contributed by atoms with Crippen LogP contribution in [-0.4, -0.2) is 30.0 Å². The summed E-state index contributed by atoms with van der Waals surface area (Å²) < 4.78 is 5.11. The fourth-order valence-corrected chi connectivity index (χ4v) is 2.33. The molecule has 0 spiro atoms. The van der Waals surface area contributed by atoms with Gasteiger partial charge in [0.15, 0.2) is 0 Å². The number of hydrogen-bond donors (Lipinski definition) is 1. The Kier molecular flexibility index (Phi) is 5.87. The summed E-state index contributed by atoms with van der Waals surface area (Å²) in [5, 5.41) is 13.9. The lowest BCUT2D eigenvalue weighted by atomic mass is 10.1. The summed E-state index contributed by atoms with van der Waals surface area (Å²) in [5.74, 6) is 0.504. The first-order chi connectivity index (χ1) is 7.61. The highest BCUT2D eigenvalue weighted by Gasteiger charge is 2.09. The van der Waals surface area contributed by atoms with Crippen LogP contribution in [0.15, 0.2) is 0 Å². The maximum Gasteiger partial charge on any atom is 0.131 e. The average Bonchev–Trinajstić information content (AvgIpc) is 2.63. The Morgan fingerprint density at radius 1 is 1.25 bits per heavy atom. The van der Waals surface area contributed by atoms with Crippen molar-refractivity contribution in [2.75, 3.05) is 13.7 Å². The lowest BCUT2D eigenvalue weighted by Crippen LogP contribution is -2.21. The van der Waals surface area contributed by atoms with Gasteiger partial charge < -0.3 is 10.1 Å². The first kappa shape index (κ1) is 13.5. The van der Waals surface area contributed by atoms with Gasteiger partial charge in [-0.15, -0.1) is 21.5 Å². The van der Waals surface area contributed by atoms with Crippen molar-refractivity contribution in [2.24, 2.45) is 5.92 Å². The highest BCUT2D eigenvalue weighted by molar-refractivity contribution is 7.11. The van der Waals surface area contributed by atoms with E-state index in [1.807, 2.05) is 0 Å². The molecule has 0 aliphatic rings. The summed E-state index contributed by atoms with van der Waals surface area (Å²) in [6.45, 7) is 8.01. The summed E-state index contributed by atoms with van der Waals surface area (Å²) in [5.41, 5.74) is 0. The number of nitrogens with zero attached hydrogens (tertiary/aromatic N) is 2. The third-order valence-corrected chi connectivity index (χ3v) is 3.09. The molecule has 1 N–H and O–H groups in total. The quantitative estimate of drug-likeness (QED) is 0.794. The minimum atomic E-state index is 0.486. The van der Waals surface area contributed by atoms with Gasteiger partial charge in [-0.2, -0.15) is 0 Å². The van der Waals surface area contributed by atoms with Crippen LogP contribution in [0.5, 0.6) is 0 Å². The van der Waals surface area contributed by atoms with Crippen molar-refractivity contribution in [1.29, 1.82) is 0 Å². The van der Waals surface area contributed by atoms with Crippen molar-refractivity contribution < 1.29 is 4.74 Å². The Morgan fingerprint density at radius 3 is 2.56 bits per heavy atom. The van der Waals surface area contributed by atoms with E-state index in [1.165, 1.54) is 0 Å². The summed E-state index contributed by atoms with van der Waals surface area (Å²) >= 11 is 1.69. The normalized spacial score (nSPS) is 13.3. The molecule has 1 heterocycles. The van der Waals surface area contributed by atoms with Crippen LogP contribution < -0.4 is 5.32 Å². The molecular formula is C11H21N3OS. The van der Waals surface area contributed by atoms with Crippen molar-refractivity contribution in [3.05, 3.63) is 10.0 Å². The third-order valence-electron chi connectivity index (χ3n) is 2.14. The van der Waals surface area contributed by atoms with E-state index in [-0.39, 0.29) is 0 Å². The van der Waals surface area contributed by atoms with Crippen molar-refractivity contribution in [2.45, 2.75) is 39.8 Å². The standard InChI is InChI=1S/C11H21N3OS/c1-8(2)12-6-11-14-13-10(16-11)5-9(3)7-15-4/h8-9,12H,5-7H2,1-4H3. The zero-order valence-corrected chi connectivity index (χ0v) is 11.3. The van der Waals surface area contributed by atoms with E-state index < -0.39 is 0 Å². The van der Waals surface area contributed by atoms with Gasteiger partial charge in [-0.05, 0) is 5.92 Å². The molecule has 0 fully saturated rings. The topological polar surface area (TPSA) is 47.0 Å². The molecule has 1 aromatic heterocycles. The molecule has 0 amide bonds. The molecule has 1 aromatic rings. The zero-order chi connectivity index (χ0) is 12.0. The van der Waals surface area contributed by atoms with Crippen LogP contribution in [0.1, 0.15) is 30.8 Å². The monoisotopic (exact) mass is 243 g/mol. The zero-order valence-electron chi connectivity index (χ0n) is 10.5. The Hall–Kier alpha value is -0.520. The van der Waals surface area contributed by atoms with E-state index >= 15 is 0 Å². The van der Waals surface area contributed by atoms with Gasteiger partial charge in [0.1, 0.15) is 10.0 Å². The second-order valence-corrected chi connectivity index (χ2v) is 5.54. The van der Waals surface area contributed by atoms with Crippen LogP contribution >= 0.6 is 11.3 Å². The van der Waals surface area contributed by atoms with Gasteiger partial charge in [0.05, 0.1) is 0 Å². The number of nitrogens with one attached hydrogen (secondary N) is 1. The predicted molar refractivity (Wildman–Crippen MR) is 66.6 cm³/mol. The summed E-state index contributed by atoms with van der Waals surface area (Å²) in [4.78, 5) is 0. The van der Waals surface area contributed by atoms with Gasteiger partial charge in [-0.25, -0.2) is 0 Å². The van der Waals surface area contributed by atoms with E-state index in [9.17, 15) is 0 Å². The molecule has 5 heteroatoms. The number of rotatable bonds is 7. The molecule has 16 heavy (non-hydrogen) atoms. The second-order valence-electron chi connectivity index (χ2n) is 4.39. The molecule has 1 unspecified atom stereocenters. The molecule has 4 nitrogen and oxygen atoms in total. The van der Waals surface area contributed by atoms with E-state index in [0.29, 0.717) is 12.0 Å². The van der Waals surface area contributed by atoms with Gasteiger partial charge in [0, 0.05) is 32.7 Å². The van der Waals surface area contributed by atoms with Crippen molar-refractivity contribution in [3.8, 4) is 0 Å². The highest BCUT2D eigenvalue weighted by Crippen LogP contribution is 2.14. The number of hydrogen-bond acceptors (Lipinski definition) is 5. The van der Waals surface area contributed by atoms with Crippen LogP contribution in [0.3, 0.4) is 0 Å². The maximum absolute atomic E-state index is 5.11. The molecular weight excluding hydrogens is 222 g/mol. The van der Waals surface area contributed by atoms with E-state index in [0.717, 1.165) is 29.6 Å². The summed E-state index contributed by atoms with van der Waals surface area (Å²) in [6.07, 6.45) is 0.952. The molecule has 0 saturated heterocycles. The summed E-state index contributed by atoms with van der Waals surface area (Å²) in [6, 6.07) is 0.486. The minimum Gasteiger partial charge on any atom is -0.384 e. The van der Waals surface area contributed by atoms with Crippen LogP contribution in [0.25, 0.3) is 0 Å². The van der Waals surface area contributed by atoms with Gasteiger partial charge >= 0.3 is 0 Å². The highest BCUT2D eigenvalue weighted by atomic mass is 32.1. The van der Waals surface area contributed by atoms with E-state index in [2.05, 4.69) is 36.3 Å². The summed E-state index contributed by atoms with van der Waals surface area (Å²) in [7, 11) is 1.73. The minimum absolute atomic E-state index is 0.486. The SMILES string of the molecule is COCC(C)Cc1nnc(CNC(C)C)s1. The fourth-order valence-electron chi connectivity index (χ4n) is 1.38. The van der Waals surface area contributed by atoms with Crippen LogP contribution in [0.2, 0.25) is 0 Å². The van der Waals surface area contributed by atoms with Gasteiger partial charge in [-0.1, -0.05) is 20.8 Å². The molecule has 0 bridgehead atoms. The molecule has 0 aromatic carbocycles. The maximum atomic E-state index is 5.11. The van der Waals surface area contributed by atoms with Gasteiger partial charge in [0.2, 0.25) is 0 Å². The van der Waals surface area contributed by atoms with E-state index in [1.54, 1.807) is 18.4 Å². The number of methoxy groups -OCH3 is 1. The lowest BCUT2D eigenvalue weighted by Gasteiger charge is -2.06.